The molecule has 1 rings (SSSR count). The highest BCUT2D eigenvalue weighted by molar-refractivity contribution is 5.68. The first-order chi connectivity index (χ1) is 7.67. The van der Waals surface area contributed by atoms with Crippen LogP contribution in [0.5, 0.6) is 5.75 Å². The predicted octanol–water partition coefficient (Wildman–Crippen LogP) is 1.17. The lowest BCUT2D eigenvalue weighted by molar-refractivity contribution is -0.142. The third-order valence-corrected chi connectivity index (χ3v) is 1.88. The Bertz CT molecular complexity index is 422. The van der Waals surface area contributed by atoms with Gasteiger partial charge < -0.3 is 14.6 Å². The van der Waals surface area contributed by atoms with Crippen LogP contribution in [-0.4, -0.2) is 24.8 Å². The SMILES string of the molecule is COc1ccc(COCC(=O)O)cc1C#N. The van der Waals surface area contributed by atoms with Gasteiger partial charge in [0.05, 0.1) is 19.3 Å². The van der Waals surface area contributed by atoms with Crippen LogP contribution >= 0.6 is 0 Å². The molecular weight excluding hydrogens is 210 g/mol. The Morgan fingerprint density at radius 1 is 1.56 bits per heavy atom. The summed E-state index contributed by atoms with van der Waals surface area (Å²) in [5.74, 6) is -0.529. The van der Waals surface area contributed by atoms with E-state index in [2.05, 4.69) is 0 Å². The molecule has 1 N–H and O–H groups in total. The van der Waals surface area contributed by atoms with Gasteiger partial charge in [0, 0.05) is 0 Å². The molecule has 84 valence electrons. The van der Waals surface area contributed by atoms with Crippen molar-refractivity contribution in [1.29, 1.82) is 5.26 Å². The molecule has 1 aromatic rings. The minimum atomic E-state index is -1.02. The molecule has 0 saturated carbocycles. The van der Waals surface area contributed by atoms with Gasteiger partial charge in [-0.2, -0.15) is 5.26 Å². The van der Waals surface area contributed by atoms with E-state index < -0.39 is 5.97 Å². The van der Waals surface area contributed by atoms with Gasteiger partial charge in [-0.3, -0.25) is 0 Å². The third kappa shape index (κ3) is 3.26. The average molecular weight is 221 g/mol. The number of methoxy groups -OCH3 is 1. The zero-order valence-electron chi connectivity index (χ0n) is 8.77. The van der Waals surface area contributed by atoms with E-state index in [0.717, 1.165) is 5.56 Å². The number of rotatable bonds is 5. The molecule has 0 amide bonds. The maximum absolute atomic E-state index is 10.2. The van der Waals surface area contributed by atoms with Crippen LogP contribution in [0.2, 0.25) is 0 Å². The first-order valence-corrected chi connectivity index (χ1v) is 4.54. The highest BCUT2D eigenvalue weighted by Crippen LogP contribution is 2.19. The van der Waals surface area contributed by atoms with Crippen molar-refractivity contribution >= 4 is 5.97 Å². The van der Waals surface area contributed by atoms with E-state index in [1.54, 1.807) is 18.2 Å². The molecule has 5 nitrogen and oxygen atoms in total. The molecule has 0 aliphatic rings. The molecule has 0 radical (unpaired) electrons. The van der Waals surface area contributed by atoms with Crippen LogP contribution in [0, 0.1) is 11.3 Å². The normalized spacial score (nSPS) is 9.50. The van der Waals surface area contributed by atoms with Crippen molar-refractivity contribution in [1.82, 2.24) is 0 Å². The monoisotopic (exact) mass is 221 g/mol. The lowest BCUT2D eigenvalue weighted by Crippen LogP contribution is -2.06. The van der Waals surface area contributed by atoms with Crippen molar-refractivity contribution in [2.24, 2.45) is 0 Å². The minimum Gasteiger partial charge on any atom is -0.495 e. The quantitative estimate of drug-likeness (QED) is 0.807. The smallest absolute Gasteiger partial charge is 0.329 e. The predicted molar refractivity (Wildman–Crippen MR) is 55.0 cm³/mol. The summed E-state index contributed by atoms with van der Waals surface area (Å²) >= 11 is 0. The number of aliphatic carboxylic acids is 1. The lowest BCUT2D eigenvalue weighted by atomic mass is 10.1. The van der Waals surface area contributed by atoms with Gasteiger partial charge in [0.15, 0.2) is 0 Å². The molecular formula is C11H11NO4. The van der Waals surface area contributed by atoms with Gasteiger partial charge in [-0.25, -0.2) is 4.79 Å². The van der Waals surface area contributed by atoms with E-state index in [-0.39, 0.29) is 13.2 Å². The molecule has 0 fully saturated rings. The molecule has 1 aromatic carbocycles. The molecule has 0 spiro atoms. The van der Waals surface area contributed by atoms with Crippen molar-refractivity contribution in [2.75, 3.05) is 13.7 Å². The zero-order chi connectivity index (χ0) is 12.0. The Morgan fingerprint density at radius 2 is 2.31 bits per heavy atom. The number of nitrogens with zero attached hydrogens (tertiary/aromatic N) is 1. The van der Waals surface area contributed by atoms with Gasteiger partial charge in [0.1, 0.15) is 18.4 Å². The summed E-state index contributed by atoms with van der Waals surface area (Å²) in [4.78, 5) is 10.2. The molecule has 0 atom stereocenters. The van der Waals surface area contributed by atoms with E-state index in [1.165, 1.54) is 7.11 Å². The van der Waals surface area contributed by atoms with E-state index >= 15 is 0 Å². The number of carbonyl (C=O) groups is 1. The fourth-order valence-electron chi connectivity index (χ4n) is 1.19. The van der Waals surface area contributed by atoms with Gasteiger partial charge >= 0.3 is 5.97 Å². The fraction of sp³-hybridized carbons (Fsp3) is 0.273. The first-order valence-electron chi connectivity index (χ1n) is 4.54. The zero-order valence-corrected chi connectivity index (χ0v) is 8.77. The van der Waals surface area contributed by atoms with Crippen LogP contribution in [-0.2, 0) is 16.1 Å². The third-order valence-electron chi connectivity index (χ3n) is 1.88. The van der Waals surface area contributed by atoms with Gasteiger partial charge in [-0.1, -0.05) is 6.07 Å². The maximum Gasteiger partial charge on any atom is 0.329 e. The van der Waals surface area contributed by atoms with E-state index in [1.807, 2.05) is 6.07 Å². The molecule has 0 heterocycles. The standard InChI is InChI=1S/C11H11NO4/c1-15-10-3-2-8(4-9(10)5-12)6-16-7-11(13)14/h2-4H,6-7H2,1H3,(H,13,14). The van der Waals surface area contributed by atoms with Crippen LogP contribution in [0.3, 0.4) is 0 Å². The topological polar surface area (TPSA) is 79.6 Å². The Hall–Kier alpha value is -2.06. The Kier molecular flexibility index (Phi) is 4.30. The van der Waals surface area contributed by atoms with Crippen LogP contribution in [0.15, 0.2) is 18.2 Å². The summed E-state index contributed by atoms with van der Waals surface area (Å²) in [6, 6.07) is 6.98. The second-order valence-corrected chi connectivity index (χ2v) is 3.03. The van der Waals surface area contributed by atoms with Gasteiger partial charge in [-0.15, -0.1) is 0 Å². The van der Waals surface area contributed by atoms with E-state index in [4.69, 9.17) is 19.8 Å². The Labute approximate surface area is 92.8 Å². The van der Waals surface area contributed by atoms with Crippen molar-refractivity contribution in [3.05, 3.63) is 29.3 Å². The number of hydrogen-bond donors (Lipinski definition) is 1. The second kappa shape index (κ2) is 5.73. The van der Waals surface area contributed by atoms with Crippen molar-refractivity contribution in [3.8, 4) is 11.8 Å². The van der Waals surface area contributed by atoms with Crippen molar-refractivity contribution < 1.29 is 19.4 Å². The summed E-state index contributed by atoms with van der Waals surface area (Å²) in [6.07, 6.45) is 0. The van der Waals surface area contributed by atoms with Crippen LogP contribution in [0.4, 0.5) is 0 Å². The number of carboxylic acid groups (broad SMARTS) is 1. The van der Waals surface area contributed by atoms with Crippen molar-refractivity contribution in [2.45, 2.75) is 6.61 Å². The molecule has 0 aliphatic heterocycles. The van der Waals surface area contributed by atoms with E-state index in [9.17, 15) is 4.79 Å². The molecule has 0 aromatic heterocycles. The number of nitriles is 1. The molecule has 5 heteroatoms. The molecule has 0 aliphatic carbocycles. The average Bonchev–Trinajstić information content (AvgIpc) is 2.28. The number of hydrogen-bond acceptors (Lipinski definition) is 4. The van der Waals surface area contributed by atoms with Crippen LogP contribution in [0.25, 0.3) is 0 Å². The molecule has 16 heavy (non-hydrogen) atoms. The molecule has 0 saturated heterocycles. The highest BCUT2D eigenvalue weighted by atomic mass is 16.5. The Morgan fingerprint density at radius 3 is 2.88 bits per heavy atom. The second-order valence-electron chi connectivity index (χ2n) is 3.03. The molecule has 0 unspecified atom stereocenters. The molecule has 0 bridgehead atoms. The van der Waals surface area contributed by atoms with E-state index in [0.29, 0.717) is 11.3 Å². The van der Waals surface area contributed by atoms with Crippen LogP contribution < -0.4 is 4.74 Å². The summed E-state index contributed by atoms with van der Waals surface area (Å²) in [5.41, 5.74) is 1.14. The minimum absolute atomic E-state index is 0.158. The largest absolute Gasteiger partial charge is 0.495 e. The number of ether oxygens (including phenoxy) is 2. The van der Waals surface area contributed by atoms with Gasteiger partial charge in [-0.05, 0) is 17.7 Å². The Balaban J connectivity index is 2.69. The first kappa shape index (κ1) is 12.0. The van der Waals surface area contributed by atoms with Crippen LogP contribution in [0.1, 0.15) is 11.1 Å². The summed E-state index contributed by atoms with van der Waals surface area (Å²) < 4.78 is 9.88. The maximum atomic E-state index is 10.2. The fourth-order valence-corrected chi connectivity index (χ4v) is 1.19. The van der Waals surface area contributed by atoms with Gasteiger partial charge in [0.2, 0.25) is 0 Å². The number of carboxylic acids is 1. The highest BCUT2D eigenvalue weighted by Gasteiger charge is 2.04. The number of benzene rings is 1. The lowest BCUT2D eigenvalue weighted by Gasteiger charge is -2.05. The van der Waals surface area contributed by atoms with Crippen molar-refractivity contribution in [3.63, 3.8) is 0 Å². The summed E-state index contributed by atoms with van der Waals surface area (Å²) in [7, 11) is 1.48. The van der Waals surface area contributed by atoms with Gasteiger partial charge in [0.25, 0.3) is 0 Å². The summed E-state index contributed by atoms with van der Waals surface area (Å²) in [5, 5.41) is 17.2. The summed E-state index contributed by atoms with van der Waals surface area (Å²) in [6.45, 7) is -0.196.